The summed E-state index contributed by atoms with van der Waals surface area (Å²) in [5.41, 5.74) is 5.69. The summed E-state index contributed by atoms with van der Waals surface area (Å²) in [6, 6.07) is 4.18. The van der Waals surface area contributed by atoms with E-state index in [4.69, 9.17) is 0 Å². The van der Waals surface area contributed by atoms with Gasteiger partial charge in [-0.2, -0.15) is 0 Å². The van der Waals surface area contributed by atoms with E-state index in [0.29, 0.717) is 22.7 Å². The highest BCUT2D eigenvalue weighted by atomic mass is 32.1. The zero-order chi connectivity index (χ0) is 14.0. The highest BCUT2D eigenvalue weighted by Gasteiger charge is 2.18. The minimum absolute atomic E-state index is 0.180. The second-order valence-electron chi connectivity index (χ2n) is 4.81. The molecular formula is C15H17NO2S. The maximum Gasteiger partial charge on any atom is 0.233 e. The molecule has 100 valence electrons. The second kappa shape index (κ2) is 5.65. The molecule has 19 heavy (non-hydrogen) atoms. The van der Waals surface area contributed by atoms with Crippen molar-refractivity contribution in [2.45, 2.75) is 27.2 Å². The van der Waals surface area contributed by atoms with Gasteiger partial charge in [-0.1, -0.05) is 12.1 Å². The maximum absolute atomic E-state index is 11.7. The topological polar surface area (TPSA) is 44.6 Å². The van der Waals surface area contributed by atoms with E-state index < -0.39 is 0 Å². The Labute approximate surface area is 116 Å². The summed E-state index contributed by atoms with van der Waals surface area (Å²) in [6.45, 7) is 6.22. The quantitative estimate of drug-likeness (QED) is 0.654. The maximum atomic E-state index is 11.7. The van der Waals surface area contributed by atoms with Gasteiger partial charge in [0.1, 0.15) is 6.20 Å². The lowest BCUT2D eigenvalue weighted by molar-refractivity contribution is -0.680. The molecule has 0 aromatic heterocycles. The predicted molar refractivity (Wildman–Crippen MR) is 79.1 cm³/mol. The third kappa shape index (κ3) is 2.76. The Kier molecular flexibility index (Phi) is 4.14. The highest BCUT2D eigenvalue weighted by Crippen LogP contribution is 2.21. The van der Waals surface area contributed by atoms with Crippen LogP contribution in [0.25, 0.3) is 0 Å². The predicted octanol–water partition coefficient (Wildman–Crippen LogP) is 1.33. The highest BCUT2D eigenvalue weighted by molar-refractivity contribution is 7.66. The van der Waals surface area contributed by atoms with Crippen LogP contribution in [0.1, 0.15) is 22.3 Å². The normalized spacial score (nSPS) is 18.4. The van der Waals surface area contributed by atoms with Crippen LogP contribution in [0.4, 0.5) is 0 Å². The summed E-state index contributed by atoms with van der Waals surface area (Å²) in [6.07, 6.45) is 5.67. The van der Waals surface area contributed by atoms with Gasteiger partial charge in [0.15, 0.2) is 11.3 Å². The molecule has 0 spiro atoms. The van der Waals surface area contributed by atoms with Crippen molar-refractivity contribution in [3.05, 3.63) is 63.5 Å². The van der Waals surface area contributed by atoms with Crippen molar-refractivity contribution in [1.82, 2.24) is 0 Å². The van der Waals surface area contributed by atoms with Crippen molar-refractivity contribution in [3.63, 3.8) is 0 Å². The summed E-state index contributed by atoms with van der Waals surface area (Å²) < 4.78 is 11.1. The molecule has 1 aromatic rings. The summed E-state index contributed by atoms with van der Waals surface area (Å²) >= 11 is 0.295. The Hall–Kier alpha value is -1.49. The van der Waals surface area contributed by atoms with Crippen molar-refractivity contribution in [3.8, 4) is 0 Å². The molecule has 0 amide bonds. The summed E-state index contributed by atoms with van der Waals surface area (Å²) in [4.78, 5) is 0.322. The Morgan fingerprint density at radius 1 is 1.21 bits per heavy atom. The number of allylic oxidation sites excluding steroid dienone is 2. The van der Waals surface area contributed by atoms with Crippen molar-refractivity contribution in [2.24, 2.45) is 0 Å². The third-order valence-electron chi connectivity index (χ3n) is 3.61. The van der Waals surface area contributed by atoms with E-state index >= 15 is 0 Å². The first-order valence-corrected chi connectivity index (χ1v) is 6.93. The van der Waals surface area contributed by atoms with Crippen molar-refractivity contribution >= 4 is 16.2 Å². The Bertz CT molecular complexity index is 625. The number of nitrogens with one attached hydrogen (secondary N) is 1. The van der Waals surface area contributed by atoms with Gasteiger partial charge in [-0.05, 0) is 55.2 Å². The molecule has 2 rings (SSSR count). The molecule has 4 heteroatoms. The van der Waals surface area contributed by atoms with Gasteiger partial charge in [-0.15, -0.1) is 0 Å². The number of rotatable bonds is 2. The van der Waals surface area contributed by atoms with Gasteiger partial charge >= 0.3 is 0 Å². The lowest BCUT2D eigenvalue weighted by Crippen LogP contribution is -3.06. The molecule has 0 bridgehead atoms. The number of hydrogen-bond acceptors (Lipinski definition) is 2. The van der Waals surface area contributed by atoms with Crippen molar-refractivity contribution in [2.75, 3.05) is 0 Å². The summed E-state index contributed by atoms with van der Waals surface area (Å²) in [5, 5.41) is 11.5. The van der Waals surface area contributed by atoms with Crippen LogP contribution in [0, 0.1) is 26.0 Å². The van der Waals surface area contributed by atoms with Gasteiger partial charge in [-0.25, -0.2) is 4.21 Å². The Morgan fingerprint density at radius 3 is 2.58 bits per heavy atom. The van der Waals surface area contributed by atoms with Crippen molar-refractivity contribution < 1.29 is 9.27 Å². The van der Waals surface area contributed by atoms with Crippen LogP contribution < -0.4 is 5.06 Å². The smallest absolute Gasteiger partial charge is 0.233 e. The number of benzene rings is 1. The molecule has 1 heterocycles. The second-order valence-corrected chi connectivity index (χ2v) is 5.38. The van der Waals surface area contributed by atoms with E-state index in [0.717, 1.165) is 5.57 Å². The van der Waals surface area contributed by atoms with Gasteiger partial charge in [0.05, 0.1) is 0 Å². The van der Waals surface area contributed by atoms with E-state index in [1.165, 1.54) is 28.5 Å². The van der Waals surface area contributed by atoms with Gasteiger partial charge in [0, 0.05) is 12.0 Å². The number of hydroxylamine groups is 2. The molecule has 0 aliphatic carbocycles. The van der Waals surface area contributed by atoms with Crippen LogP contribution in [0.3, 0.4) is 0 Å². The lowest BCUT2D eigenvalue weighted by atomic mass is 9.92. The average Bonchev–Trinajstić information content (AvgIpc) is 2.39. The molecule has 1 atom stereocenters. The van der Waals surface area contributed by atoms with E-state index in [-0.39, 0.29) is 5.06 Å². The van der Waals surface area contributed by atoms with Crippen LogP contribution in [0.15, 0.2) is 36.1 Å². The summed E-state index contributed by atoms with van der Waals surface area (Å²) in [5.74, 6) is 0. The molecule has 1 aliphatic rings. The molecule has 1 unspecified atom stereocenters. The molecule has 1 aromatic carbocycles. The lowest BCUT2D eigenvalue weighted by Gasteiger charge is -2.22. The van der Waals surface area contributed by atoms with Gasteiger partial charge in [0.25, 0.3) is 0 Å². The SMILES string of the molecule is Cc1ccc(C)c(CC2=CC=C[NH+]([O-])C2=S=O)c1C. The fourth-order valence-electron chi connectivity index (χ4n) is 2.27. The van der Waals surface area contributed by atoms with Crippen LogP contribution in [-0.2, 0) is 17.7 Å². The van der Waals surface area contributed by atoms with Crippen LogP contribution >= 0.6 is 0 Å². The Morgan fingerprint density at radius 2 is 1.89 bits per heavy atom. The van der Waals surface area contributed by atoms with Crippen LogP contribution in [0.5, 0.6) is 0 Å². The van der Waals surface area contributed by atoms with Gasteiger partial charge < -0.3 is 10.3 Å². The molecule has 1 aliphatic heterocycles. The monoisotopic (exact) mass is 275 g/mol. The fourth-order valence-corrected chi connectivity index (χ4v) is 2.66. The minimum atomic E-state index is -0.180. The van der Waals surface area contributed by atoms with E-state index in [9.17, 15) is 9.42 Å². The standard InChI is InChI=1S/C15H17NO2S/c1-10-6-7-11(2)14(12(10)3)9-13-5-4-8-16(17)15(13)19-18/h4-8,16H,9H2,1-3H3. The molecule has 1 N–H and O–H groups in total. The summed E-state index contributed by atoms with van der Waals surface area (Å²) in [7, 11) is 0. The van der Waals surface area contributed by atoms with Crippen LogP contribution in [-0.4, -0.2) is 9.20 Å². The van der Waals surface area contributed by atoms with Crippen LogP contribution in [0.2, 0.25) is 0 Å². The van der Waals surface area contributed by atoms with E-state index in [1.54, 1.807) is 6.08 Å². The number of aryl methyl sites for hydroxylation is 2. The van der Waals surface area contributed by atoms with E-state index in [2.05, 4.69) is 32.9 Å². The van der Waals surface area contributed by atoms with E-state index in [1.807, 2.05) is 6.08 Å². The zero-order valence-electron chi connectivity index (χ0n) is 11.3. The largest absolute Gasteiger partial charge is 0.623 e. The number of quaternary nitrogens is 1. The first-order valence-electron chi connectivity index (χ1n) is 6.19. The zero-order valence-corrected chi connectivity index (χ0v) is 12.1. The molecule has 0 saturated heterocycles. The first kappa shape index (κ1) is 13.9. The average molecular weight is 275 g/mol. The number of hydrogen-bond donors (Lipinski definition) is 1. The molecule has 0 fully saturated rings. The minimum Gasteiger partial charge on any atom is -0.623 e. The molecule has 0 radical (unpaired) electrons. The fraction of sp³-hybridized carbons (Fsp3) is 0.267. The molecule has 3 nitrogen and oxygen atoms in total. The van der Waals surface area contributed by atoms with Crippen molar-refractivity contribution in [1.29, 1.82) is 0 Å². The van der Waals surface area contributed by atoms with Gasteiger partial charge in [-0.3, -0.25) is 0 Å². The Balaban J connectivity index is 2.42. The van der Waals surface area contributed by atoms with Gasteiger partial charge in [0.2, 0.25) is 4.99 Å². The molecule has 0 saturated carbocycles. The third-order valence-corrected chi connectivity index (χ3v) is 4.24. The molecular weight excluding hydrogens is 258 g/mol. The first-order chi connectivity index (χ1) is 9.04.